The average molecular weight is 314 g/mol. The number of hydrogen-bond acceptors (Lipinski definition) is 1. The van der Waals surface area contributed by atoms with Crippen LogP contribution in [0.2, 0.25) is 5.02 Å². The van der Waals surface area contributed by atoms with E-state index in [0.29, 0.717) is 11.5 Å². The van der Waals surface area contributed by atoms with Crippen LogP contribution in [0.5, 0.6) is 0 Å². The molecule has 112 valence electrons. The van der Waals surface area contributed by atoms with Crippen molar-refractivity contribution in [3.8, 4) is 0 Å². The summed E-state index contributed by atoms with van der Waals surface area (Å²) in [5.74, 6) is 0.862. The summed E-state index contributed by atoms with van der Waals surface area (Å²) in [7, 11) is 2.15. The van der Waals surface area contributed by atoms with Crippen LogP contribution in [0.15, 0.2) is 24.3 Å². The summed E-state index contributed by atoms with van der Waals surface area (Å²) in [4.78, 5) is 0. The Kier molecular flexibility index (Phi) is 5.39. The summed E-state index contributed by atoms with van der Waals surface area (Å²) in [6.45, 7) is 0. The summed E-state index contributed by atoms with van der Waals surface area (Å²) >= 11 is 6.05. The van der Waals surface area contributed by atoms with E-state index in [0.717, 1.165) is 10.9 Å². The summed E-state index contributed by atoms with van der Waals surface area (Å²) < 4.78 is 0. The van der Waals surface area contributed by atoms with Gasteiger partial charge in [0, 0.05) is 16.5 Å². The van der Waals surface area contributed by atoms with E-state index in [2.05, 4.69) is 36.6 Å². The van der Waals surface area contributed by atoms with Crippen molar-refractivity contribution in [2.75, 3.05) is 7.05 Å². The van der Waals surface area contributed by atoms with E-state index in [9.17, 15) is 0 Å². The van der Waals surface area contributed by atoms with E-state index in [-0.39, 0.29) is 12.4 Å². The monoisotopic (exact) mass is 313 g/mol. The Morgan fingerprint density at radius 1 is 1.10 bits per heavy atom. The molecule has 1 atom stereocenters. The molecule has 0 bridgehead atoms. The van der Waals surface area contributed by atoms with Crippen molar-refractivity contribution in [1.29, 1.82) is 0 Å². The van der Waals surface area contributed by atoms with Crippen molar-refractivity contribution >= 4 is 24.0 Å². The fraction of sp³-hybridized carbons (Fsp3) is 0.647. The van der Waals surface area contributed by atoms with Gasteiger partial charge in [-0.25, -0.2) is 0 Å². The quantitative estimate of drug-likeness (QED) is 0.828. The molecule has 2 aliphatic rings. The van der Waals surface area contributed by atoms with Gasteiger partial charge < -0.3 is 5.32 Å². The molecule has 0 spiro atoms. The molecule has 3 rings (SSSR count). The van der Waals surface area contributed by atoms with Crippen LogP contribution in [0.4, 0.5) is 0 Å². The minimum absolute atomic E-state index is 0. The largest absolute Gasteiger partial charge is 0.316 e. The van der Waals surface area contributed by atoms with Gasteiger partial charge in [0.2, 0.25) is 0 Å². The lowest BCUT2D eigenvalue weighted by Gasteiger charge is -2.50. The van der Waals surface area contributed by atoms with Crippen LogP contribution in [0.3, 0.4) is 0 Å². The second-order valence-corrected chi connectivity index (χ2v) is 6.76. The molecule has 1 nitrogen and oxygen atoms in total. The van der Waals surface area contributed by atoms with Crippen LogP contribution in [0.1, 0.15) is 50.5 Å². The van der Waals surface area contributed by atoms with Crippen molar-refractivity contribution in [3.05, 3.63) is 34.9 Å². The van der Waals surface area contributed by atoms with Gasteiger partial charge in [0.1, 0.15) is 0 Å². The van der Waals surface area contributed by atoms with Crippen molar-refractivity contribution in [2.45, 2.75) is 56.4 Å². The zero-order valence-corrected chi connectivity index (χ0v) is 13.8. The zero-order valence-electron chi connectivity index (χ0n) is 12.2. The van der Waals surface area contributed by atoms with Crippen LogP contribution in [0.25, 0.3) is 0 Å². The topological polar surface area (TPSA) is 12.0 Å². The molecular weight excluding hydrogens is 289 g/mol. The predicted octanol–water partition coefficient (Wildman–Crippen LogP) is 4.96. The minimum atomic E-state index is 0. The van der Waals surface area contributed by atoms with Gasteiger partial charge in [-0.15, -0.1) is 12.4 Å². The summed E-state index contributed by atoms with van der Waals surface area (Å²) in [6.07, 6.45) is 9.67. The number of rotatable bonds is 4. The van der Waals surface area contributed by atoms with E-state index in [1.807, 2.05) is 0 Å². The Balaban J connectivity index is 0.00000147. The first-order valence-electron chi connectivity index (χ1n) is 7.69. The molecule has 3 heteroatoms. The maximum Gasteiger partial charge on any atom is 0.0406 e. The Labute approximate surface area is 133 Å². The summed E-state index contributed by atoms with van der Waals surface area (Å²) in [6, 6.07) is 9.25. The third-order valence-electron chi connectivity index (χ3n) is 5.44. The lowest BCUT2D eigenvalue weighted by Crippen LogP contribution is -2.54. The van der Waals surface area contributed by atoms with E-state index < -0.39 is 0 Å². The predicted molar refractivity (Wildman–Crippen MR) is 89.0 cm³/mol. The van der Waals surface area contributed by atoms with Gasteiger partial charge in [0.25, 0.3) is 0 Å². The van der Waals surface area contributed by atoms with Gasteiger partial charge in [0.15, 0.2) is 0 Å². The standard InChI is InChI=1S/C17H24ClN.ClH/c1-19-16(13-5-2-3-6-13)17(11-4-12-17)14-7-9-15(18)10-8-14;/h7-10,13,16,19H,2-6,11-12H2,1H3;1H. The molecular formula is C17H25Cl2N. The molecule has 0 aliphatic heterocycles. The normalized spacial score (nSPS) is 22.9. The van der Waals surface area contributed by atoms with Gasteiger partial charge in [-0.2, -0.15) is 0 Å². The first kappa shape index (κ1) is 16.1. The second kappa shape index (κ2) is 6.68. The van der Waals surface area contributed by atoms with Crippen LogP contribution in [-0.4, -0.2) is 13.1 Å². The van der Waals surface area contributed by atoms with Crippen LogP contribution in [-0.2, 0) is 5.41 Å². The van der Waals surface area contributed by atoms with Gasteiger partial charge in [-0.05, 0) is 56.3 Å². The lowest BCUT2D eigenvalue weighted by atomic mass is 9.57. The Morgan fingerprint density at radius 2 is 1.70 bits per heavy atom. The Morgan fingerprint density at radius 3 is 2.15 bits per heavy atom. The fourth-order valence-electron chi connectivity index (χ4n) is 4.37. The highest BCUT2D eigenvalue weighted by atomic mass is 35.5. The SMILES string of the molecule is CNC(C1CCCC1)C1(c2ccc(Cl)cc2)CCC1.Cl. The highest BCUT2D eigenvalue weighted by Crippen LogP contribution is 2.50. The second-order valence-electron chi connectivity index (χ2n) is 6.33. The maximum atomic E-state index is 6.05. The molecule has 0 saturated heterocycles. The fourth-order valence-corrected chi connectivity index (χ4v) is 4.50. The van der Waals surface area contributed by atoms with Gasteiger partial charge in [-0.1, -0.05) is 43.0 Å². The molecule has 1 N–H and O–H groups in total. The number of nitrogens with one attached hydrogen (secondary N) is 1. The highest BCUT2D eigenvalue weighted by Gasteiger charge is 2.47. The number of benzene rings is 1. The van der Waals surface area contributed by atoms with E-state index in [4.69, 9.17) is 11.6 Å². The van der Waals surface area contributed by atoms with Gasteiger partial charge in [0.05, 0.1) is 0 Å². The molecule has 20 heavy (non-hydrogen) atoms. The maximum absolute atomic E-state index is 6.05. The molecule has 2 fully saturated rings. The average Bonchev–Trinajstić information content (AvgIpc) is 2.88. The van der Waals surface area contributed by atoms with Crippen LogP contribution < -0.4 is 5.32 Å². The van der Waals surface area contributed by atoms with Crippen molar-refractivity contribution in [3.63, 3.8) is 0 Å². The van der Waals surface area contributed by atoms with Crippen molar-refractivity contribution in [1.82, 2.24) is 5.32 Å². The molecule has 1 aromatic carbocycles. The number of likely N-dealkylation sites (N-methyl/N-ethyl adjacent to an activating group) is 1. The smallest absolute Gasteiger partial charge is 0.0406 e. The van der Waals surface area contributed by atoms with Crippen LogP contribution >= 0.6 is 24.0 Å². The van der Waals surface area contributed by atoms with Crippen LogP contribution in [0, 0.1) is 5.92 Å². The highest BCUT2D eigenvalue weighted by molar-refractivity contribution is 6.30. The van der Waals surface area contributed by atoms with E-state index >= 15 is 0 Å². The third kappa shape index (κ3) is 2.73. The molecule has 2 aliphatic carbocycles. The Hall–Kier alpha value is -0.240. The van der Waals surface area contributed by atoms with Crippen molar-refractivity contribution in [2.24, 2.45) is 5.92 Å². The number of halogens is 2. The molecule has 0 amide bonds. The molecule has 1 unspecified atom stereocenters. The number of hydrogen-bond donors (Lipinski definition) is 1. The summed E-state index contributed by atoms with van der Waals surface area (Å²) in [5, 5.41) is 4.51. The molecule has 0 heterocycles. The minimum Gasteiger partial charge on any atom is -0.316 e. The first-order chi connectivity index (χ1) is 9.26. The van der Waals surface area contributed by atoms with Gasteiger partial charge in [-0.3, -0.25) is 0 Å². The Bertz CT molecular complexity index is 419. The van der Waals surface area contributed by atoms with E-state index in [1.165, 1.54) is 50.5 Å². The molecule has 1 aromatic rings. The molecule has 2 saturated carbocycles. The zero-order chi connectivity index (χ0) is 13.3. The first-order valence-corrected chi connectivity index (χ1v) is 8.07. The lowest BCUT2D eigenvalue weighted by molar-refractivity contribution is 0.131. The summed E-state index contributed by atoms with van der Waals surface area (Å²) in [5.41, 5.74) is 1.86. The van der Waals surface area contributed by atoms with Gasteiger partial charge >= 0.3 is 0 Å². The van der Waals surface area contributed by atoms with Crippen molar-refractivity contribution < 1.29 is 0 Å². The molecule has 0 radical (unpaired) electrons. The molecule has 0 aromatic heterocycles. The third-order valence-corrected chi connectivity index (χ3v) is 5.69. The van der Waals surface area contributed by atoms with E-state index in [1.54, 1.807) is 0 Å².